The number of carbonyl (C=O) groups is 1. The molecule has 2 fully saturated rings. The minimum Gasteiger partial charge on any atom is -0.444 e. The topological polar surface area (TPSA) is 29.5 Å². The molecule has 2 rings (SSSR count). The molecule has 3 nitrogen and oxygen atoms in total. The van der Waals surface area contributed by atoms with Gasteiger partial charge in [0, 0.05) is 13.1 Å². The molecule has 0 bridgehead atoms. The lowest BCUT2D eigenvalue weighted by molar-refractivity contribution is 0.0103. The molecule has 1 heterocycles. The van der Waals surface area contributed by atoms with E-state index < -0.39 is 0 Å². The summed E-state index contributed by atoms with van der Waals surface area (Å²) in [6.07, 6.45) is 6.27. The summed E-state index contributed by atoms with van der Waals surface area (Å²) in [7, 11) is 0. The van der Waals surface area contributed by atoms with Crippen LogP contribution in [-0.4, -0.2) is 29.7 Å². The molecule has 1 aliphatic heterocycles. The van der Waals surface area contributed by atoms with Gasteiger partial charge in [-0.25, -0.2) is 4.79 Å². The van der Waals surface area contributed by atoms with Gasteiger partial charge in [-0.2, -0.15) is 0 Å². The standard InChI is InChI=1S/C15H27NO2/c1-12-5-6-15(11-12)7-9-16(10-8-15)13(17)18-14(2,3)4/h12H,5-11H2,1-4H3. The maximum atomic E-state index is 12.0. The molecule has 1 saturated carbocycles. The van der Waals surface area contributed by atoms with Crippen molar-refractivity contribution in [1.82, 2.24) is 4.90 Å². The van der Waals surface area contributed by atoms with E-state index in [2.05, 4.69) is 6.92 Å². The Morgan fingerprint density at radius 3 is 2.28 bits per heavy atom. The second-order valence-electron chi connectivity index (χ2n) is 7.32. The van der Waals surface area contributed by atoms with Crippen LogP contribution in [0.4, 0.5) is 4.79 Å². The van der Waals surface area contributed by atoms with Crippen LogP contribution >= 0.6 is 0 Å². The first kappa shape index (κ1) is 13.7. The Balaban J connectivity index is 1.85. The Bertz CT molecular complexity index is 311. The Kier molecular flexibility index (Phi) is 3.61. The summed E-state index contributed by atoms with van der Waals surface area (Å²) in [5, 5.41) is 0. The van der Waals surface area contributed by atoms with Gasteiger partial charge in [-0.05, 0) is 57.8 Å². The van der Waals surface area contributed by atoms with Crippen molar-refractivity contribution >= 4 is 6.09 Å². The minimum absolute atomic E-state index is 0.136. The lowest BCUT2D eigenvalue weighted by Gasteiger charge is -2.39. The molecule has 1 atom stereocenters. The average molecular weight is 253 g/mol. The fraction of sp³-hybridized carbons (Fsp3) is 0.933. The predicted octanol–water partition coefficient (Wildman–Crippen LogP) is 3.82. The zero-order chi connectivity index (χ0) is 13.4. The van der Waals surface area contributed by atoms with E-state index >= 15 is 0 Å². The molecule has 104 valence electrons. The van der Waals surface area contributed by atoms with Crippen LogP contribution in [0.5, 0.6) is 0 Å². The molecular weight excluding hydrogens is 226 g/mol. The van der Waals surface area contributed by atoms with E-state index in [9.17, 15) is 4.79 Å². The summed E-state index contributed by atoms with van der Waals surface area (Å²) in [5.41, 5.74) is 0.159. The number of nitrogens with zero attached hydrogens (tertiary/aromatic N) is 1. The molecule has 0 radical (unpaired) electrons. The van der Waals surface area contributed by atoms with Crippen molar-refractivity contribution in [2.45, 2.75) is 65.4 Å². The summed E-state index contributed by atoms with van der Waals surface area (Å²) in [4.78, 5) is 13.9. The van der Waals surface area contributed by atoms with Crippen LogP contribution < -0.4 is 0 Å². The number of likely N-dealkylation sites (tertiary alicyclic amines) is 1. The zero-order valence-corrected chi connectivity index (χ0v) is 12.3. The molecule has 1 spiro atoms. The monoisotopic (exact) mass is 253 g/mol. The van der Waals surface area contributed by atoms with Crippen LogP contribution in [0.3, 0.4) is 0 Å². The molecular formula is C15H27NO2. The van der Waals surface area contributed by atoms with Crippen molar-refractivity contribution in [1.29, 1.82) is 0 Å². The SMILES string of the molecule is CC1CCC2(CCN(C(=O)OC(C)(C)C)CC2)C1. The molecule has 0 aromatic carbocycles. The average Bonchev–Trinajstić information content (AvgIpc) is 2.58. The number of carbonyl (C=O) groups excluding carboxylic acids is 1. The molecule has 0 aromatic heterocycles. The summed E-state index contributed by atoms with van der Waals surface area (Å²) < 4.78 is 5.44. The van der Waals surface area contributed by atoms with Crippen molar-refractivity contribution in [3.8, 4) is 0 Å². The molecule has 1 unspecified atom stereocenters. The van der Waals surface area contributed by atoms with Crippen LogP contribution in [0, 0.1) is 11.3 Å². The number of amides is 1. The van der Waals surface area contributed by atoms with Crippen LogP contribution in [0.2, 0.25) is 0 Å². The zero-order valence-electron chi connectivity index (χ0n) is 12.3. The van der Waals surface area contributed by atoms with Gasteiger partial charge in [0.2, 0.25) is 0 Å². The van der Waals surface area contributed by atoms with E-state index in [1.54, 1.807) is 0 Å². The van der Waals surface area contributed by atoms with Gasteiger partial charge >= 0.3 is 6.09 Å². The van der Waals surface area contributed by atoms with E-state index in [1.807, 2.05) is 25.7 Å². The lowest BCUT2D eigenvalue weighted by Crippen LogP contribution is -2.44. The smallest absolute Gasteiger partial charge is 0.410 e. The van der Waals surface area contributed by atoms with Gasteiger partial charge in [-0.15, -0.1) is 0 Å². The Morgan fingerprint density at radius 2 is 1.83 bits per heavy atom. The fourth-order valence-corrected chi connectivity index (χ4v) is 3.44. The van der Waals surface area contributed by atoms with E-state index in [0.29, 0.717) is 5.41 Å². The predicted molar refractivity (Wildman–Crippen MR) is 72.5 cm³/mol. The van der Waals surface area contributed by atoms with E-state index in [-0.39, 0.29) is 11.7 Å². The molecule has 0 aromatic rings. The second kappa shape index (κ2) is 4.75. The third-order valence-corrected chi connectivity index (χ3v) is 4.42. The van der Waals surface area contributed by atoms with Crippen molar-refractivity contribution in [2.75, 3.05) is 13.1 Å². The van der Waals surface area contributed by atoms with Gasteiger partial charge in [-0.3, -0.25) is 0 Å². The minimum atomic E-state index is -0.381. The van der Waals surface area contributed by atoms with Gasteiger partial charge in [0.1, 0.15) is 5.60 Å². The third kappa shape index (κ3) is 3.18. The van der Waals surface area contributed by atoms with Gasteiger partial charge in [-0.1, -0.05) is 13.3 Å². The highest BCUT2D eigenvalue weighted by atomic mass is 16.6. The first-order valence-electron chi connectivity index (χ1n) is 7.28. The highest BCUT2D eigenvalue weighted by Crippen LogP contribution is 2.48. The van der Waals surface area contributed by atoms with E-state index in [1.165, 1.54) is 19.3 Å². The lowest BCUT2D eigenvalue weighted by atomic mass is 9.76. The molecule has 1 amide bonds. The largest absolute Gasteiger partial charge is 0.444 e. The Labute approximate surface area is 111 Å². The molecule has 18 heavy (non-hydrogen) atoms. The highest BCUT2D eigenvalue weighted by Gasteiger charge is 2.41. The second-order valence-corrected chi connectivity index (χ2v) is 7.32. The van der Waals surface area contributed by atoms with E-state index in [0.717, 1.165) is 31.8 Å². The van der Waals surface area contributed by atoms with Crippen LogP contribution in [-0.2, 0) is 4.74 Å². The van der Waals surface area contributed by atoms with Crippen molar-refractivity contribution < 1.29 is 9.53 Å². The van der Waals surface area contributed by atoms with Crippen molar-refractivity contribution in [2.24, 2.45) is 11.3 Å². The van der Waals surface area contributed by atoms with Crippen molar-refractivity contribution in [3.05, 3.63) is 0 Å². The number of piperidine rings is 1. The van der Waals surface area contributed by atoms with E-state index in [4.69, 9.17) is 4.74 Å². The highest BCUT2D eigenvalue weighted by molar-refractivity contribution is 5.68. The molecule has 2 aliphatic rings. The Hall–Kier alpha value is -0.730. The number of hydrogen-bond acceptors (Lipinski definition) is 2. The Morgan fingerprint density at radius 1 is 1.22 bits per heavy atom. The maximum absolute atomic E-state index is 12.0. The number of ether oxygens (including phenoxy) is 1. The maximum Gasteiger partial charge on any atom is 0.410 e. The third-order valence-electron chi connectivity index (χ3n) is 4.42. The fourth-order valence-electron chi connectivity index (χ4n) is 3.44. The molecule has 3 heteroatoms. The first-order valence-corrected chi connectivity index (χ1v) is 7.28. The normalized spacial score (nSPS) is 27.6. The van der Waals surface area contributed by atoms with Gasteiger partial charge < -0.3 is 9.64 Å². The van der Waals surface area contributed by atoms with Gasteiger partial charge in [0.25, 0.3) is 0 Å². The van der Waals surface area contributed by atoms with Crippen LogP contribution in [0.1, 0.15) is 59.8 Å². The summed E-state index contributed by atoms with van der Waals surface area (Å²) in [6, 6.07) is 0. The van der Waals surface area contributed by atoms with Crippen LogP contribution in [0.25, 0.3) is 0 Å². The number of rotatable bonds is 0. The van der Waals surface area contributed by atoms with Gasteiger partial charge in [0.05, 0.1) is 0 Å². The molecule has 0 N–H and O–H groups in total. The number of hydrogen-bond donors (Lipinski definition) is 0. The summed E-state index contributed by atoms with van der Waals surface area (Å²) in [5.74, 6) is 0.873. The van der Waals surface area contributed by atoms with Crippen LogP contribution in [0.15, 0.2) is 0 Å². The first-order chi connectivity index (χ1) is 8.30. The van der Waals surface area contributed by atoms with Crippen molar-refractivity contribution in [3.63, 3.8) is 0 Å². The quantitative estimate of drug-likeness (QED) is 0.656. The van der Waals surface area contributed by atoms with Gasteiger partial charge in [0.15, 0.2) is 0 Å². The summed E-state index contributed by atoms with van der Waals surface area (Å²) in [6.45, 7) is 9.89. The molecule has 1 saturated heterocycles. The molecule has 1 aliphatic carbocycles. The summed E-state index contributed by atoms with van der Waals surface area (Å²) >= 11 is 0.